The van der Waals surface area contributed by atoms with Gasteiger partial charge in [-0.05, 0) is 31.0 Å². The van der Waals surface area contributed by atoms with Gasteiger partial charge in [0.15, 0.2) is 5.82 Å². The number of rotatable bonds is 1. The smallest absolute Gasteiger partial charge is 0.178 e. The molecule has 0 radical (unpaired) electrons. The van der Waals surface area contributed by atoms with E-state index in [0.717, 1.165) is 16.8 Å². The molecule has 3 heteroatoms. The van der Waals surface area contributed by atoms with Crippen molar-refractivity contribution >= 4 is 0 Å². The lowest BCUT2D eigenvalue weighted by atomic mass is 10.1. The average molecular weight is 215 g/mol. The molecule has 0 spiro atoms. The molecule has 2 heterocycles. The van der Waals surface area contributed by atoms with E-state index in [9.17, 15) is 0 Å². The zero-order valence-electron chi connectivity index (χ0n) is 10.2. The highest BCUT2D eigenvalue weighted by atomic mass is 14.9. The van der Waals surface area contributed by atoms with Gasteiger partial charge in [-0.2, -0.15) is 0 Å². The van der Waals surface area contributed by atoms with Gasteiger partial charge in [0.25, 0.3) is 0 Å². The molecule has 0 amide bonds. The van der Waals surface area contributed by atoms with Crippen molar-refractivity contribution in [2.75, 3.05) is 0 Å². The Hall–Kier alpha value is -1.77. The molecule has 84 valence electrons. The largest absolute Gasteiger partial charge is 0.252 e. The Kier molecular flexibility index (Phi) is 4.58. The van der Waals surface area contributed by atoms with Crippen LogP contribution in [-0.2, 0) is 0 Å². The second-order valence-electron chi connectivity index (χ2n) is 3.25. The molecule has 2 aromatic heterocycles. The number of pyridine rings is 1. The van der Waals surface area contributed by atoms with Crippen LogP contribution in [0, 0.1) is 13.8 Å². The maximum atomic E-state index is 4.32. The number of aryl methyl sites for hydroxylation is 2. The maximum absolute atomic E-state index is 4.32. The molecule has 0 aliphatic heterocycles. The summed E-state index contributed by atoms with van der Waals surface area (Å²) in [7, 11) is 0. The van der Waals surface area contributed by atoms with Crippen molar-refractivity contribution < 1.29 is 0 Å². The second kappa shape index (κ2) is 5.95. The molecule has 0 saturated carbocycles. The second-order valence-corrected chi connectivity index (χ2v) is 3.25. The van der Waals surface area contributed by atoms with Gasteiger partial charge in [0.05, 0.1) is 0 Å². The third-order valence-corrected chi connectivity index (χ3v) is 1.99. The first-order chi connectivity index (χ1) is 7.77. The van der Waals surface area contributed by atoms with E-state index < -0.39 is 0 Å². The molecule has 0 fully saturated rings. The van der Waals surface area contributed by atoms with E-state index in [-0.39, 0.29) is 0 Å². The van der Waals surface area contributed by atoms with Gasteiger partial charge in [-0.1, -0.05) is 19.9 Å². The molecule has 0 bridgehead atoms. The van der Waals surface area contributed by atoms with Gasteiger partial charge in [-0.25, -0.2) is 9.97 Å². The van der Waals surface area contributed by atoms with Gasteiger partial charge < -0.3 is 0 Å². The summed E-state index contributed by atoms with van der Waals surface area (Å²) in [5, 5.41) is 0. The van der Waals surface area contributed by atoms with Gasteiger partial charge in [0, 0.05) is 18.6 Å². The molecule has 0 aliphatic carbocycles. The first-order valence-corrected chi connectivity index (χ1v) is 5.48. The van der Waals surface area contributed by atoms with E-state index in [0.29, 0.717) is 5.82 Å². The third kappa shape index (κ3) is 2.86. The van der Waals surface area contributed by atoms with Crippen molar-refractivity contribution in [2.45, 2.75) is 27.7 Å². The fourth-order valence-electron chi connectivity index (χ4n) is 1.37. The molecule has 0 saturated heterocycles. The highest BCUT2D eigenvalue weighted by molar-refractivity contribution is 5.54. The summed E-state index contributed by atoms with van der Waals surface area (Å²) < 4.78 is 0. The van der Waals surface area contributed by atoms with Crippen LogP contribution in [-0.4, -0.2) is 15.0 Å². The molecule has 0 aliphatic rings. The Balaban J connectivity index is 0.000000606. The van der Waals surface area contributed by atoms with Crippen molar-refractivity contribution in [3.05, 3.63) is 41.9 Å². The van der Waals surface area contributed by atoms with Crippen molar-refractivity contribution in [1.29, 1.82) is 0 Å². The topological polar surface area (TPSA) is 38.7 Å². The minimum atomic E-state index is 0.685. The summed E-state index contributed by atoms with van der Waals surface area (Å²) in [5.41, 5.74) is 3.12. The molecular weight excluding hydrogens is 198 g/mol. The Morgan fingerprint density at radius 3 is 2.12 bits per heavy atom. The van der Waals surface area contributed by atoms with Crippen LogP contribution in [0.4, 0.5) is 0 Å². The van der Waals surface area contributed by atoms with Gasteiger partial charge >= 0.3 is 0 Å². The van der Waals surface area contributed by atoms with E-state index in [1.165, 1.54) is 0 Å². The highest BCUT2D eigenvalue weighted by Gasteiger charge is 2.04. The summed E-state index contributed by atoms with van der Waals surface area (Å²) in [4.78, 5) is 12.7. The summed E-state index contributed by atoms with van der Waals surface area (Å²) >= 11 is 0. The molecule has 0 aromatic carbocycles. The fourth-order valence-corrected chi connectivity index (χ4v) is 1.37. The molecular formula is C13H17N3. The van der Waals surface area contributed by atoms with Crippen LogP contribution in [0.15, 0.2) is 30.7 Å². The van der Waals surface area contributed by atoms with Crippen LogP contribution >= 0.6 is 0 Å². The Morgan fingerprint density at radius 2 is 1.56 bits per heavy atom. The molecule has 0 N–H and O–H groups in total. The zero-order chi connectivity index (χ0) is 12.0. The van der Waals surface area contributed by atoms with Crippen molar-refractivity contribution in [2.24, 2.45) is 0 Å². The van der Waals surface area contributed by atoms with E-state index in [4.69, 9.17) is 0 Å². The summed E-state index contributed by atoms with van der Waals surface area (Å²) in [6.07, 6.45) is 5.28. The van der Waals surface area contributed by atoms with Crippen LogP contribution in [0.25, 0.3) is 11.5 Å². The Bertz CT molecular complexity index is 438. The molecule has 0 unspecified atom stereocenters. The number of aromatic nitrogens is 3. The van der Waals surface area contributed by atoms with E-state index >= 15 is 0 Å². The molecule has 2 rings (SSSR count). The van der Waals surface area contributed by atoms with Crippen LogP contribution in [0.2, 0.25) is 0 Å². The summed E-state index contributed by atoms with van der Waals surface area (Å²) in [5.74, 6) is 0.685. The molecule has 3 nitrogen and oxygen atoms in total. The summed E-state index contributed by atoms with van der Waals surface area (Å²) in [6.45, 7) is 8.04. The van der Waals surface area contributed by atoms with E-state index in [1.807, 2.05) is 33.9 Å². The Labute approximate surface area is 96.6 Å². The van der Waals surface area contributed by atoms with Gasteiger partial charge in [-0.3, -0.25) is 4.98 Å². The van der Waals surface area contributed by atoms with E-state index in [2.05, 4.69) is 21.0 Å². The lowest BCUT2D eigenvalue weighted by molar-refractivity contribution is 1.11. The van der Waals surface area contributed by atoms with Gasteiger partial charge in [0.1, 0.15) is 5.69 Å². The maximum Gasteiger partial charge on any atom is 0.178 e. The first-order valence-electron chi connectivity index (χ1n) is 5.48. The van der Waals surface area contributed by atoms with Gasteiger partial charge in [-0.15, -0.1) is 0 Å². The third-order valence-electron chi connectivity index (χ3n) is 1.99. The minimum absolute atomic E-state index is 0.685. The SMILES string of the molecule is CC.Cc1cnc(-c2ncccn2)c(C)c1. The lowest BCUT2D eigenvalue weighted by Gasteiger charge is -2.03. The predicted octanol–water partition coefficient (Wildman–Crippen LogP) is 3.18. The van der Waals surface area contributed by atoms with Crippen molar-refractivity contribution in [3.63, 3.8) is 0 Å². The zero-order valence-corrected chi connectivity index (χ0v) is 10.2. The number of hydrogen-bond donors (Lipinski definition) is 0. The number of nitrogens with zero attached hydrogens (tertiary/aromatic N) is 3. The lowest BCUT2D eigenvalue weighted by Crippen LogP contribution is -1.93. The number of hydrogen-bond acceptors (Lipinski definition) is 3. The highest BCUT2D eigenvalue weighted by Crippen LogP contribution is 2.16. The van der Waals surface area contributed by atoms with Crippen LogP contribution in [0.3, 0.4) is 0 Å². The normalized spacial score (nSPS) is 9.25. The van der Waals surface area contributed by atoms with Crippen molar-refractivity contribution in [1.82, 2.24) is 15.0 Å². The van der Waals surface area contributed by atoms with Crippen molar-refractivity contribution in [3.8, 4) is 11.5 Å². The average Bonchev–Trinajstić information content (AvgIpc) is 2.33. The van der Waals surface area contributed by atoms with E-state index in [1.54, 1.807) is 18.5 Å². The van der Waals surface area contributed by atoms with Crippen LogP contribution in [0.5, 0.6) is 0 Å². The van der Waals surface area contributed by atoms with Gasteiger partial charge in [0.2, 0.25) is 0 Å². The fraction of sp³-hybridized carbons (Fsp3) is 0.308. The summed E-state index contributed by atoms with van der Waals surface area (Å²) in [6, 6.07) is 3.88. The molecule has 2 aromatic rings. The molecule has 0 atom stereocenters. The predicted molar refractivity (Wildman–Crippen MR) is 66.1 cm³/mol. The quantitative estimate of drug-likeness (QED) is 0.733. The Morgan fingerprint density at radius 1 is 0.938 bits per heavy atom. The molecule has 16 heavy (non-hydrogen) atoms. The standard InChI is InChI=1S/C11H11N3.C2H6/c1-8-6-9(2)10(14-7-8)11-12-4-3-5-13-11;1-2/h3-7H,1-2H3;1-2H3. The monoisotopic (exact) mass is 215 g/mol. The van der Waals surface area contributed by atoms with Crippen LogP contribution in [0.1, 0.15) is 25.0 Å². The minimum Gasteiger partial charge on any atom is -0.252 e. The van der Waals surface area contributed by atoms with Crippen LogP contribution < -0.4 is 0 Å². The first kappa shape index (κ1) is 12.3.